The minimum atomic E-state index is -2.82. The van der Waals surface area contributed by atoms with Crippen LogP contribution in [0.1, 0.15) is 26.2 Å². The van der Waals surface area contributed by atoms with Gasteiger partial charge in [-0.2, -0.15) is 0 Å². The van der Waals surface area contributed by atoms with E-state index in [4.69, 9.17) is 0 Å². The highest BCUT2D eigenvalue weighted by atomic mass is 32.2. The van der Waals surface area contributed by atoms with Crippen LogP contribution in [0.5, 0.6) is 0 Å². The molecule has 1 aliphatic rings. The van der Waals surface area contributed by atoms with Crippen molar-refractivity contribution in [2.75, 3.05) is 44.7 Å². The average Bonchev–Trinajstić information content (AvgIpc) is 2.24. The molecule has 0 bridgehead atoms. The van der Waals surface area contributed by atoms with E-state index in [-0.39, 0.29) is 5.75 Å². The van der Waals surface area contributed by atoms with Gasteiger partial charge in [0, 0.05) is 18.8 Å². The third-order valence-electron chi connectivity index (χ3n) is 3.26. The van der Waals surface area contributed by atoms with Crippen molar-refractivity contribution >= 4 is 9.84 Å². The van der Waals surface area contributed by atoms with Crippen molar-refractivity contribution in [1.29, 1.82) is 0 Å². The lowest BCUT2D eigenvalue weighted by Gasteiger charge is -2.29. The fraction of sp³-hybridized carbons (Fsp3) is 1.00. The standard InChI is InChI=1S/C12H26N2O2S/c1-3-8-17(15,16)9-6-13-10-12-5-4-7-14(2)11-12/h12-13H,3-11H2,1-2H3. The van der Waals surface area contributed by atoms with Gasteiger partial charge in [-0.25, -0.2) is 8.42 Å². The maximum atomic E-state index is 11.5. The summed E-state index contributed by atoms with van der Waals surface area (Å²) >= 11 is 0. The molecule has 0 saturated carbocycles. The van der Waals surface area contributed by atoms with E-state index in [9.17, 15) is 8.42 Å². The van der Waals surface area contributed by atoms with Crippen LogP contribution >= 0.6 is 0 Å². The molecule has 1 atom stereocenters. The van der Waals surface area contributed by atoms with Crippen LogP contribution in [0.3, 0.4) is 0 Å². The van der Waals surface area contributed by atoms with Gasteiger partial charge in [-0.1, -0.05) is 6.92 Å². The first-order valence-corrected chi connectivity index (χ1v) is 8.45. The van der Waals surface area contributed by atoms with E-state index in [0.29, 0.717) is 18.2 Å². The fourth-order valence-electron chi connectivity index (χ4n) is 2.39. The molecule has 0 radical (unpaired) electrons. The zero-order valence-corrected chi connectivity index (χ0v) is 11.9. The van der Waals surface area contributed by atoms with Gasteiger partial charge < -0.3 is 10.2 Å². The molecule has 0 aromatic heterocycles. The van der Waals surface area contributed by atoms with E-state index in [2.05, 4.69) is 17.3 Å². The summed E-state index contributed by atoms with van der Waals surface area (Å²) in [4.78, 5) is 2.35. The Balaban J connectivity index is 2.11. The number of sulfone groups is 1. The minimum Gasteiger partial charge on any atom is -0.315 e. The summed E-state index contributed by atoms with van der Waals surface area (Å²) in [6, 6.07) is 0. The van der Waals surface area contributed by atoms with Crippen molar-refractivity contribution in [3.05, 3.63) is 0 Å². The molecule has 0 aromatic rings. The zero-order chi connectivity index (χ0) is 12.7. The Labute approximate surface area is 106 Å². The molecule has 1 N–H and O–H groups in total. The molecule has 0 aliphatic carbocycles. The average molecular weight is 262 g/mol. The topological polar surface area (TPSA) is 49.4 Å². The Morgan fingerprint density at radius 1 is 1.35 bits per heavy atom. The molecular weight excluding hydrogens is 236 g/mol. The molecule has 1 rings (SSSR count). The van der Waals surface area contributed by atoms with Crippen molar-refractivity contribution in [2.45, 2.75) is 26.2 Å². The van der Waals surface area contributed by atoms with Crippen molar-refractivity contribution in [2.24, 2.45) is 5.92 Å². The van der Waals surface area contributed by atoms with Crippen LogP contribution in [0.25, 0.3) is 0 Å². The molecule has 1 unspecified atom stereocenters. The fourth-order valence-corrected chi connectivity index (χ4v) is 3.67. The Kier molecular flexibility index (Phi) is 6.44. The van der Waals surface area contributed by atoms with Crippen LogP contribution in [-0.2, 0) is 9.84 Å². The van der Waals surface area contributed by atoms with Gasteiger partial charge in [-0.05, 0) is 45.3 Å². The van der Waals surface area contributed by atoms with Crippen molar-refractivity contribution in [1.82, 2.24) is 10.2 Å². The number of likely N-dealkylation sites (tertiary alicyclic amines) is 1. The molecule has 1 fully saturated rings. The SMILES string of the molecule is CCCS(=O)(=O)CCNCC1CCCN(C)C1. The molecular formula is C12H26N2O2S. The first kappa shape index (κ1) is 14.9. The van der Waals surface area contributed by atoms with Crippen molar-refractivity contribution in [3.8, 4) is 0 Å². The quantitative estimate of drug-likeness (QED) is 0.688. The lowest BCUT2D eigenvalue weighted by atomic mass is 9.98. The van der Waals surface area contributed by atoms with Crippen LogP contribution in [0, 0.1) is 5.92 Å². The van der Waals surface area contributed by atoms with Crippen molar-refractivity contribution < 1.29 is 8.42 Å². The number of piperidine rings is 1. The smallest absolute Gasteiger partial charge is 0.151 e. The third kappa shape index (κ3) is 6.38. The van der Waals surface area contributed by atoms with Gasteiger partial charge in [0.15, 0.2) is 9.84 Å². The van der Waals surface area contributed by atoms with E-state index in [1.54, 1.807) is 0 Å². The zero-order valence-electron chi connectivity index (χ0n) is 11.1. The molecule has 0 spiro atoms. The Morgan fingerprint density at radius 2 is 2.12 bits per heavy atom. The maximum Gasteiger partial charge on any atom is 0.151 e. The first-order valence-electron chi connectivity index (χ1n) is 6.63. The lowest BCUT2D eigenvalue weighted by molar-refractivity contribution is 0.207. The highest BCUT2D eigenvalue weighted by molar-refractivity contribution is 7.91. The number of rotatable bonds is 7. The van der Waals surface area contributed by atoms with Crippen LogP contribution in [0.15, 0.2) is 0 Å². The normalized spacial score (nSPS) is 22.8. The van der Waals surface area contributed by atoms with Crippen molar-refractivity contribution in [3.63, 3.8) is 0 Å². The van der Waals surface area contributed by atoms with Crippen LogP contribution < -0.4 is 5.32 Å². The van der Waals surface area contributed by atoms with Gasteiger partial charge in [0.2, 0.25) is 0 Å². The molecule has 102 valence electrons. The lowest BCUT2D eigenvalue weighted by Crippen LogP contribution is -2.38. The number of nitrogens with one attached hydrogen (secondary N) is 1. The number of hydrogen-bond donors (Lipinski definition) is 1. The molecule has 1 heterocycles. The summed E-state index contributed by atoms with van der Waals surface area (Å²) in [5.41, 5.74) is 0. The van der Waals surface area contributed by atoms with Gasteiger partial charge in [0.25, 0.3) is 0 Å². The third-order valence-corrected chi connectivity index (χ3v) is 5.12. The van der Waals surface area contributed by atoms with Gasteiger partial charge in [0.1, 0.15) is 0 Å². The summed E-state index contributed by atoms with van der Waals surface area (Å²) in [7, 11) is -0.668. The first-order chi connectivity index (χ1) is 8.03. The molecule has 0 aromatic carbocycles. The Morgan fingerprint density at radius 3 is 2.76 bits per heavy atom. The summed E-state index contributed by atoms with van der Waals surface area (Å²) in [5.74, 6) is 1.28. The summed E-state index contributed by atoms with van der Waals surface area (Å²) in [6.07, 6.45) is 3.24. The van der Waals surface area contributed by atoms with E-state index < -0.39 is 9.84 Å². The van der Waals surface area contributed by atoms with Crippen LogP contribution in [0.2, 0.25) is 0 Å². The van der Waals surface area contributed by atoms with Gasteiger partial charge in [-0.3, -0.25) is 0 Å². The summed E-state index contributed by atoms with van der Waals surface area (Å²) < 4.78 is 23.0. The second kappa shape index (κ2) is 7.34. The Hall–Kier alpha value is -0.130. The monoisotopic (exact) mass is 262 g/mol. The molecule has 1 aliphatic heterocycles. The van der Waals surface area contributed by atoms with E-state index >= 15 is 0 Å². The highest BCUT2D eigenvalue weighted by Gasteiger charge is 2.16. The summed E-state index contributed by atoms with van der Waals surface area (Å²) in [6.45, 7) is 5.79. The number of hydrogen-bond acceptors (Lipinski definition) is 4. The predicted octanol–water partition coefficient (Wildman–Crippen LogP) is 0.743. The minimum absolute atomic E-state index is 0.281. The molecule has 4 nitrogen and oxygen atoms in total. The number of nitrogens with zero attached hydrogens (tertiary/aromatic N) is 1. The molecule has 1 saturated heterocycles. The summed E-state index contributed by atoms with van der Waals surface area (Å²) in [5, 5.41) is 3.28. The molecule has 5 heteroatoms. The van der Waals surface area contributed by atoms with Gasteiger partial charge >= 0.3 is 0 Å². The van der Waals surface area contributed by atoms with E-state index in [0.717, 1.165) is 19.5 Å². The van der Waals surface area contributed by atoms with E-state index in [1.165, 1.54) is 19.4 Å². The second-order valence-electron chi connectivity index (χ2n) is 5.13. The van der Waals surface area contributed by atoms with Gasteiger partial charge in [-0.15, -0.1) is 0 Å². The van der Waals surface area contributed by atoms with E-state index in [1.807, 2.05) is 6.92 Å². The Bertz CT molecular complexity index is 304. The van der Waals surface area contributed by atoms with Crippen LogP contribution in [0.4, 0.5) is 0 Å². The molecule has 0 amide bonds. The maximum absolute atomic E-state index is 11.5. The van der Waals surface area contributed by atoms with Gasteiger partial charge in [0.05, 0.1) is 5.75 Å². The van der Waals surface area contributed by atoms with Crippen LogP contribution in [-0.4, -0.2) is 58.1 Å². The largest absolute Gasteiger partial charge is 0.315 e. The molecule has 17 heavy (non-hydrogen) atoms. The predicted molar refractivity (Wildman–Crippen MR) is 72.0 cm³/mol. The second-order valence-corrected chi connectivity index (χ2v) is 7.43. The highest BCUT2D eigenvalue weighted by Crippen LogP contribution is 2.13.